The molecule has 3 aromatic carbocycles. The van der Waals surface area contributed by atoms with Crippen LogP contribution in [0.3, 0.4) is 0 Å². The van der Waals surface area contributed by atoms with E-state index in [4.69, 9.17) is 9.98 Å². The van der Waals surface area contributed by atoms with Crippen molar-refractivity contribution in [3.63, 3.8) is 0 Å². The molecule has 36 heavy (non-hydrogen) atoms. The van der Waals surface area contributed by atoms with E-state index in [0.717, 1.165) is 62.7 Å². The predicted molar refractivity (Wildman–Crippen MR) is 155 cm³/mol. The summed E-state index contributed by atoms with van der Waals surface area (Å²) in [5.41, 5.74) is 5.46. The summed E-state index contributed by atoms with van der Waals surface area (Å²) in [5.74, 6) is 1.90. The van der Waals surface area contributed by atoms with Gasteiger partial charge >= 0.3 is 0 Å². The summed E-state index contributed by atoms with van der Waals surface area (Å²) in [4.78, 5) is 14.4. The van der Waals surface area contributed by atoms with Crippen molar-refractivity contribution in [3.05, 3.63) is 107 Å². The molecule has 0 bridgehead atoms. The van der Waals surface area contributed by atoms with E-state index in [1.54, 1.807) is 11.8 Å². The van der Waals surface area contributed by atoms with Crippen LogP contribution in [0.4, 0.5) is 0 Å². The number of thioether (sulfide) groups is 2. The third-order valence-electron chi connectivity index (χ3n) is 6.33. The zero-order valence-electron chi connectivity index (χ0n) is 20.6. The van der Waals surface area contributed by atoms with Crippen LogP contribution in [0.5, 0.6) is 0 Å². The normalized spacial score (nSPS) is 16.8. The molecule has 2 aliphatic heterocycles. The van der Waals surface area contributed by atoms with Crippen molar-refractivity contribution in [1.29, 1.82) is 0 Å². The number of rotatable bonds is 8. The number of hydrogen-bond donors (Lipinski definition) is 1. The molecular formula is C29H33N5S2. The Morgan fingerprint density at radius 2 is 1.25 bits per heavy atom. The highest BCUT2D eigenvalue weighted by atomic mass is 32.2. The van der Waals surface area contributed by atoms with Crippen molar-refractivity contribution in [2.75, 3.05) is 26.6 Å². The van der Waals surface area contributed by atoms with Crippen LogP contribution in [-0.4, -0.2) is 46.6 Å². The van der Waals surface area contributed by atoms with Crippen molar-refractivity contribution in [2.24, 2.45) is 9.98 Å². The van der Waals surface area contributed by atoms with E-state index in [9.17, 15) is 0 Å². The Bertz CT molecular complexity index is 1070. The number of amidine groups is 1. The minimum atomic E-state index is 0.739. The van der Waals surface area contributed by atoms with Gasteiger partial charge in [0, 0.05) is 37.6 Å². The van der Waals surface area contributed by atoms with E-state index in [1.807, 2.05) is 11.8 Å². The first-order valence-electron chi connectivity index (χ1n) is 12.5. The summed E-state index contributed by atoms with van der Waals surface area (Å²) in [7, 11) is 0. The van der Waals surface area contributed by atoms with Gasteiger partial charge in [-0.3, -0.25) is 14.8 Å². The second kappa shape index (κ2) is 13.1. The van der Waals surface area contributed by atoms with Gasteiger partial charge in [-0.05, 0) is 22.3 Å². The van der Waals surface area contributed by atoms with Gasteiger partial charge in [0.2, 0.25) is 0 Å². The molecule has 5 rings (SSSR count). The molecule has 0 amide bonds. The topological polar surface area (TPSA) is 43.2 Å². The molecule has 5 nitrogen and oxygen atoms in total. The van der Waals surface area contributed by atoms with Crippen LogP contribution in [0.2, 0.25) is 0 Å². The Labute approximate surface area is 223 Å². The molecular weight excluding hydrogens is 482 g/mol. The van der Waals surface area contributed by atoms with E-state index < -0.39 is 0 Å². The van der Waals surface area contributed by atoms with Gasteiger partial charge < -0.3 is 5.32 Å². The fourth-order valence-corrected chi connectivity index (χ4v) is 6.19. The molecule has 0 saturated carbocycles. The summed E-state index contributed by atoms with van der Waals surface area (Å²) in [5, 5.41) is 5.81. The van der Waals surface area contributed by atoms with Gasteiger partial charge in [0.1, 0.15) is 0 Å². The van der Waals surface area contributed by atoms with Crippen molar-refractivity contribution < 1.29 is 0 Å². The molecule has 0 saturated heterocycles. The molecule has 0 fully saturated rings. The van der Waals surface area contributed by atoms with Gasteiger partial charge in [0.15, 0.2) is 5.17 Å². The molecule has 2 aliphatic rings. The van der Waals surface area contributed by atoms with E-state index in [-0.39, 0.29) is 0 Å². The zero-order valence-corrected chi connectivity index (χ0v) is 22.2. The van der Waals surface area contributed by atoms with Crippen LogP contribution in [0.1, 0.15) is 28.7 Å². The predicted octanol–water partition coefficient (Wildman–Crippen LogP) is 5.79. The first-order valence-corrected chi connectivity index (χ1v) is 14.5. The Balaban J connectivity index is 1.08. The summed E-state index contributed by atoms with van der Waals surface area (Å²) < 4.78 is 0. The summed E-state index contributed by atoms with van der Waals surface area (Å²) in [6.07, 6.45) is 1.04. The zero-order chi connectivity index (χ0) is 24.4. The molecule has 0 spiro atoms. The molecule has 1 N–H and O–H groups in total. The second-order valence-electron chi connectivity index (χ2n) is 9.08. The van der Waals surface area contributed by atoms with Crippen molar-refractivity contribution in [2.45, 2.75) is 31.0 Å². The number of aliphatic imine (C=N–C) groups is 2. The quantitative estimate of drug-likeness (QED) is 0.411. The molecule has 2 heterocycles. The van der Waals surface area contributed by atoms with Crippen LogP contribution in [0.15, 0.2) is 94.9 Å². The van der Waals surface area contributed by atoms with Gasteiger partial charge in [0.25, 0.3) is 0 Å². The van der Waals surface area contributed by atoms with Crippen LogP contribution < -0.4 is 5.32 Å². The van der Waals surface area contributed by atoms with Crippen molar-refractivity contribution >= 4 is 33.7 Å². The first-order chi connectivity index (χ1) is 17.8. The second-order valence-corrected chi connectivity index (χ2v) is 11.1. The SMILES string of the molecule is c1ccc(CN2CCC(SCc3ccccc3CSC3=NCN(Cc4ccccc4)CN3)=NC2)cc1. The average Bonchev–Trinajstić information content (AvgIpc) is 2.94. The highest BCUT2D eigenvalue weighted by molar-refractivity contribution is 8.13. The lowest BCUT2D eigenvalue weighted by molar-refractivity contribution is 0.258. The smallest absolute Gasteiger partial charge is 0.159 e. The third-order valence-corrected chi connectivity index (χ3v) is 8.46. The third kappa shape index (κ3) is 7.46. The van der Waals surface area contributed by atoms with E-state index >= 15 is 0 Å². The van der Waals surface area contributed by atoms with E-state index in [0.29, 0.717) is 0 Å². The lowest BCUT2D eigenvalue weighted by Crippen LogP contribution is -2.41. The Kier molecular flexibility index (Phi) is 9.13. The van der Waals surface area contributed by atoms with Gasteiger partial charge in [-0.15, -0.1) is 11.8 Å². The fraction of sp³-hybridized carbons (Fsp3) is 0.310. The monoisotopic (exact) mass is 515 g/mol. The maximum atomic E-state index is 4.87. The van der Waals surface area contributed by atoms with Crippen molar-refractivity contribution in [1.82, 2.24) is 15.1 Å². The molecule has 0 atom stereocenters. The lowest BCUT2D eigenvalue weighted by Gasteiger charge is -2.26. The van der Waals surface area contributed by atoms with Crippen LogP contribution >= 0.6 is 23.5 Å². The summed E-state index contributed by atoms with van der Waals surface area (Å²) in [6, 6.07) is 30.0. The Hall–Kier alpha value is -2.58. The Morgan fingerprint density at radius 1 is 0.667 bits per heavy atom. The van der Waals surface area contributed by atoms with Gasteiger partial charge in [-0.2, -0.15) is 0 Å². The van der Waals surface area contributed by atoms with Crippen LogP contribution in [0, 0.1) is 0 Å². The number of nitrogens with one attached hydrogen (secondary N) is 1. The summed E-state index contributed by atoms with van der Waals surface area (Å²) >= 11 is 3.70. The largest absolute Gasteiger partial charge is 0.352 e. The van der Waals surface area contributed by atoms with Gasteiger partial charge in [0.05, 0.1) is 25.0 Å². The minimum absolute atomic E-state index is 0.739. The molecule has 0 radical (unpaired) electrons. The average molecular weight is 516 g/mol. The van der Waals surface area contributed by atoms with Crippen LogP contribution in [0.25, 0.3) is 0 Å². The lowest BCUT2D eigenvalue weighted by atomic mass is 10.1. The number of nitrogens with zero attached hydrogens (tertiary/aromatic N) is 4. The molecule has 0 aliphatic carbocycles. The number of hydrogen-bond acceptors (Lipinski definition) is 7. The standard InChI is InChI=1S/C29H33N5S2/c1-3-9-24(10-4-1)17-33-16-15-28(30-21-33)35-19-26-13-7-8-14-27(26)20-36-29-31-22-34(23-32-29)18-25-11-5-2-6-12-25/h1-14H,15-23H2,(H,31,32). The van der Waals surface area contributed by atoms with Crippen LogP contribution in [-0.2, 0) is 24.6 Å². The first kappa shape index (κ1) is 25.1. The molecule has 3 aromatic rings. The maximum absolute atomic E-state index is 4.87. The highest BCUT2D eigenvalue weighted by Gasteiger charge is 2.16. The molecule has 0 unspecified atom stereocenters. The highest BCUT2D eigenvalue weighted by Crippen LogP contribution is 2.25. The maximum Gasteiger partial charge on any atom is 0.159 e. The van der Waals surface area contributed by atoms with Crippen molar-refractivity contribution in [3.8, 4) is 0 Å². The number of benzene rings is 3. The summed E-state index contributed by atoms with van der Waals surface area (Å²) in [6.45, 7) is 5.34. The molecule has 186 valence electrons. The van der Waals surface area contributed by atoms with Gasteiger partial charge in [-0.1, -0.05) is 96.7 Å². The molecule has 7 heteroatoms. The van der Waals surface area contributed by atoms with E-state index in [1.165, 1.54) is 27.3 Å². The Morgan fingerprint density at radius 3 is 1.83 bits per heavy atom. The minimum Gasteiger partial charge on any atom is -0.352 e. The van der Waals surface area contributed by atoms with E-state index in [2.05, 4.69) is 100 Å². The van der Waals surface area contributed by atoms with Gasteiger partial charge in [-0.25, -0.2) is 4.99 Å². The fourth-order valence-electron chi connectivity index (χ4n) is 4.31. The molecule has 0 aromatic heterocycles.